The van der Waals surface area contributed by atoms with E-state index in [0.717, 1.165) is 16.7 Å². The number of morpholine rings is 1. The molecule has 3 rings (SSSR count). The summed E-state index contributed by atoms with van der Waals surface area (Å²) in [5.74, 6) is -0.146. The van der Waals surface area contributed by atoms with Crippen molar-refractivity contribution in [2.75, 3.05) is 26.3 Å². The van der Waals surface area contributed by atoms with Crippen LogP contribution in [0.1, 0.15) is 27.0 Å². The Balaban J connectivity index is 1.64. The van der Waals surface area contributed by atoms with Crippen molar-refractivity contribution < 1.29 is 17.9 Å². The van der Waals surface area contributed by atoms with Gasteiger partial charge in [-0.15, -0.1) is 0 Å². The van der Waals surface area contributed by atoms with E-state index in [1.807, 2.05) is 32.0 Å². The molecule has 1 fully saturated rings. The molecule has 0 saturated carbocycles. The van der Waals surface area contributed by atoms with E-state index in [-0.39, 0.29) is 10.8 Å². The van der Waals surface area contributed by atoms with Gasteiger partial charge in [0.15, 0.2) is 0 Å². The molecule has 1 aliphatic heterocycles. The van der Waals surface area contributed by atoms with Crippen LogP contribution in [0.4, 0.5) is 0 Å². The molecule has 0 unspecified atom stereocenters. The fourth-order valence-electron chi connectivity index (χ4n) is 3.11. The molecule has 2 aromatic carbocycles. The number of ether oxygens (including phenoxy) is 1. The van der Waals surface area contributed by atoms with Crippen LogP contribution in [0.3, 0.4) is 0 Å². The van der Waals surface area contributed by atoms with Crippen molar-refractivity contribution in [3.05, 3.63) is 64.7 Å². The molecule has 2 aromatic rings. The normalized spacial score (nSPS) is 15.5. The van der Waals surface area contributed by atoms with E-state index in [1.54, 1.807) is 24.3 Å². The van der Waals surface area contributed by atoms with Gasteiger partial charge in [0, 0.05) is 25.2 Å². The maximum Gasteiger partial charge on any atom is 0.251 e. The van der Waals surface area contributed by atoms with Gasteiger partial charge in [0.2, 0.25) is 10.0 Å². The van der Waals surface area contributed by atoms with Gasteiger partial charge in [-0.05, 0) is 43.7 Å². The van der Waals surface area contributed by atoms with E-state index in [0.29, 0.717) is 38.4 Å². The van der Waals surface area contributed by atoms with Crippen molar-refractivity contribution >= 4 is 15.9 Å². The van der Waals surface area contributed by atoms with Crippen LogP contribution in [0.15, 0.2) is 47.4 Å². The number of carbonyl (C=O) groups excluding carboxylic acids is 1. The minimum Gasteiger partial charge on any atom is -0.379 e. The Hall–Kier alpha value is -2.22. The van der Waals surface area contributed by atoms with Gasteiger partial charge in [0.25, 0.3) is 5.91 Å². The van der Waals surface area contributed by atoms with Gasteiger partial charge in [-0.3, -0.25) is 4.79 Å². The number of sulfonamides is 1. The Morgan fingerprint density at radius 2 is 1.63 bits per heavy atom. The maximum atomic E-state index is 12.6. The highest BCUT2D eigenvalue weighted by molar-refractivity contribution is 7.89. The molecule has 7 heteroatoms. The fourth-order valence-corrected chi connectivity index (χ4v) is 4.51. The van der Waals surface area contributed by atoms with Crippen LogP contribution in [0.2, 0.25) is 0 Å². The van der Waals surface area contributed by atoms with Crippen LogP contribution < -0.4 is 5.32 Å². The lowest BCUT2D eigenvalue weighted by Crippen LogP contribution is -2.40. The average Bonchev–Trinajstić information content (AvgIpc) is 2.66. The quantitative estimate of drug-likeness (QED) is 0.852. The highest BCUT2D eigenvalue weighted by Gasteiger charge is 2.26. The molecule has 0 radical (unpaired) electrons. The third-order valence-electron chi connectivity index (χ3n) is 4.47. The first-order chi connectivity index (χ1) is 12.9. The summed E-state index contributed by atoms with van der Waals surface area (Å²) in [6.45, 7) is 5.83. The van der Waals surface area contributed by atoms with Crippen molar-refractivity contribution in [1.82, 2.24) is 9.62 Å². The van der Waals surface area contributed by atoms with E-state index in [4.69, 9.17) is 4.74 Å². The van der Waals surface area contributed by atoms with Crippen molar-refractivity contribution in [2.45, 2.75) is 25.3 Å². The number of nitrogens with one attached hydrogen (secondary N) is 1. The largest absolute Gasteiger partial charge is 0.379 e. The van der Waals surface area contributed by atoms with Crippen LogP contribution in [0.5, 0.6) is 0 Å². The second-order valence-electron chi connectivity index (χ2n) is 6.72. The van der Waals surface area contributed by atoms with Gasteiger partial charge in [0.1, 0.15) is 0 Å². The molecule has 144 valence electrons. The molecular weight excluding hydrogens is 364 g/mol. The molecule has 1 aliphatic rings. The van der Waals surface area contributed by atoms with Crippen molar-refractivity contribution in [3.8, 4) is 0 Å². The number of benzene rings is 2. The van der Waals surface area contributed by atoms with Crippen LogP contribution in [-0.2, 0) is 21.3 Å². The number of amides is 1. The van der Waals surface area contributed by atoms with Gasteiger partial charge in [-0.1, -0.05) is 29.3 Å². The van der Waals surface area contributed by atoms with Crippen LogP contribution >= 0.6 is 0 Å². The zero-order valence-corrected chi connectivity index (χ0v) is 16.4. The predicted molar refractivity (Wildman–Crippen MR) is 103 cm³/mol. The lowest BCUT2D eigenvalue weighted by Gasteiger charge is -2.26. The topological polar surface area (TPSA) is 75.7 Å². The van der Waals surface area contributed by atoms with Crippen molar-refractivity contribution in [1.29, 1.82) is 0 Å². The van der Waals surface area contributed by atoms with Crippen LogP contribution in [0, 0.1) is 13.8 Å². The molecule has 0 spiro atoms. The Morgan fingerprint density at radius 3 is 2.22 bits per heavy atom. The predicted octanol–water partition coefficient (Wildman–Crippen LogP) is 2.25. The summed E-state index contributed by atoms with van der Waals surface area (Å²) in [6, 6.07) is 12.3. The number of hydrogen-bond acceptors (Lipinski definition) is 4. The monoisotopic (exact) mass is 388 g/mol. The number of rotatable bonds is 5. The van der Waals surface area contributed by atoms with Gasteiger partial charge < -0.3 is 10.1 Å². The van der Waals surface area contributed by atoms with Crippen molar-refractivity contribution in [3.63, 3.8) is 0 Å². The molecule has 1 heterocycles. The standard InChI is InChI=1S/C20H24N2O4S/c1-15-11-16(2)13-18(12-15)20(23)21-14-17-3-5-19(6-4-17)27(24,25)22-7-9-26-10-8-22/h3-6,11-13H,7-10,14H2,1-2H3,(H,21,23). The molecule has 0 atom stereocenters. The Kier molecular flexibility index (Phi) is 5.94. The molecule has 1 saturated heterocycles. The van der Waals surface area contributed by atoms with E-state index in [1.165, 1.54) is 4.31 Å². The highest BCUT2D eigenvalue weighted by atomic mass is 32.2. The molecular formula is C20H24N2O4S. The summed E-state index contributed by atoms with van der Waals surface area (Å²) < 4.78 is 31.9. The van der Waals surface area contributed by atoms with E-state index >= 15 is 0 Å². The SMILES string of the molecule is Cc1cc(C)cc(C(=O)NCc2ccc(S(=O)(=O)N3CCOCC3)cc2)c1. The maximum absolute atomic E-state index is 12.6. The number of nitrogens with zero attached hydrogens (tertiary/aromatic N) is 1. The Labute approximate surface area is 160 Å². The molecule has 6 nitrogen and oxygen atoms in total. The molecule has 0 bridgehead atoms. The first-order valence-corrected chi connectivity index (χ1v) is 10.3. The first kappa shape index (κ1) is 19.5. The van der Waals surface area contributed by atoms with Gasteiger partial charge in [-0.25, -0.2) is 8.42 Å². The van der Waals surface area contributed by atoms with Gasteiger partial charge in [-0.2, -0.15) is 4.31 Å². The minimum atomic E-state index is -3.50. The van der Waals surface area contributed by atoms with Crippen LogP contribution in [0.25, 0.3) is 0 Å². The number of aryl methyl sites for hydroxylation is 2. The third kappa shape index (κ3) is 4.74. The first-order valence-electron chi connectivity index (χ1n) is 8.89. The molecule has 0 aliphatic carbocycles. The second-order valence-corrected chi connectivity index (χ2v) is 8.66. The summed E-state index contributed by atoms with van der Waals surface area (Å²) in [5, 5.41) is 2.88. The van der Waals surface area contributed by atoms with Crippen molar-refractivity contribution in [2.24, 2.45) is 0 Å². The smallest absolute Gasteiger partial charge is 0.251 e. The number of carbonyl (C=O) groups is 1. The van der Waals surface area contributed by atoms with Gasteiger partial charge >= 0.3 is 0 Å². The Bertz CT molecular complexity index is 897. The van der Waals surface area contributed by atoms with Crippen LogP contribution in [-0.4, -0.2) is 44.9 Å². The number of hydrogen-bond donors (Lipinski definition) is 1. The van der Waals surface area contributed by atoms with E-state index in [2.05, 4.69) is 5.32 Å². The minimum absolute atomic E-state index is 0.146. The summed E-state index contributed by atoms with van der Waals surface area (Å²) in [4.78, 5) is 12.6. The van der Waals surface area contributed by atoms with Gasteiger partial charge in [0.05, 0.1) is 18.1 Å². The summed E-state index contributed by atoms with van der Waals surface area (Å²) >= 11 is 0. The third-order valence-corrected chi connectivity index (χ3v) is 6.38. The van der Waals surface area contributed by atoms with E-state index in [9.17, 15) is 13.2 Å². The summed E-state index contributed by atoms with van der Waals surface area (Å²) in [5.41, 5.74) is 3.54. The fraction of sp³-hybridized carbons (Fsp3) is 0.350. The molecule has 27 heavy (non-hydrogen) atoms. The summed E-state index contributed by atoms with van der Waals surface area (Å²) in [7, 11) is -3.50. The molecule has 1 N–H and O–H groups in total. The molecule has 0 aromatic heterocycles. The second kappa shape index (κ2) is 8.21. The highest BCUT2D eigenvalue weighted by Crippen LogP contribution is 2.18. The Morgan fingerprint density at radius 1 is 1.04 bits per heavy atom. The van der Waals surface area contributed by atoms with E-state index < -0.39 is 10.0 Å². The zero-order chi connectivity index (χ0) is 19.4. The lowest BCUT2D eigenvalue weighted by molar-refractivity contribution is 0.0730. The molecule has 1 amide bonds. The lowest BCUT2D eigenvalue weighted by atomic mass is 10.1. The summed E-state index contributed by atoms with van der Waals surface area (Å²) in [6.07, 6.45) is 0. The zero-order valence-electron chi connectivity index (χ0n) is 15.6. The average molecular weight is 388 g/mol.